The second kappa shape index (κ2) is 4.44. The molecule has 0 radical (unpaired) electrons. The van der Waals surface area contributed by atoms with Crippen molar-refractivity contribution in [3.8, 4) is 12.1 Å². The molecular weight excluding hydrogens is 235 g/mol. The van der Waals surface area contributed by atoms with Crippen molar-refractivity contribution in [1.29, 1.82) is 10.5 Å². The summed E-state index contributed by atoms with van der Waals surface area (Å²) in [6.45, 7) is 1.17. The first-order valence-corrected chi connectivity index (χ1v) is 4.52. The van der Waals surface area contributed by atoms with Gasteiger partial charge in [-0.3, -0.25) is 0 Å². The lowest BCUT2D eigenvalue weighted by molar-refractivity contribution is -0.172. The largest absolute Gasteiger partial charge is 0.410 e. The van der Waals surface area contributed by atoms with Crippen molar-refractivity contribution < 1.29 is 13.2 Å². The van der Waals surface area contributed by atoms with Crippen molar-refractivity contribution in [3.05, 3.63) is 17.7 Å². The molecule has 1 rings (SSSR count). The number of halogens is 3. The molecule has 0 aromatic carbocycles. The molecule has 1 aromatic rings. The summed E-state index contributed by atoms with van der Waals surface area (Å²) >= 11 is 0. The summed E-state index contributed by atoms with van der Waals surface area (Å²) in [7, 11) is 0. The number of imidazole rings is 1. The maximum atomic E-state index is 12.8. The van der Waals surface area contributed by atoms with Crippen LogP contribution in [0.5, 0.6) is 0 Å². The minimum atomic E-state index is -4.62. The van der Waals surface area contributed by atoms with Gasteiger partial charge < -0.3 is 10.3 Å². The molecule has 5 nitrogen and oxygen atoms in total. The number of hydrogen-bond acceptors (Lipinski definition) is 4. The molecule has 90 valence electrons. The van der Waals surface area contributed by atoms with E-state index in [0.717, 1.165) is 6.33 Å². The highest BCUT2D eigenvalue weighted by molar-refractivity contribution is 5.36. The molecule has 8 heteroatoms. The van der Waals surface area contributed by atoms with E-state index < -0.39 is 24.0 Å². The van der Waals surface area contributed by atoms with Gasteiger partial charge in [-0.05, 0) is 6.92 Å². The third-order valence-electron chi connectivity index (χ3n) is 2.14. The number of nitrogens with zero attached hydrogens (tertiary/aromatic N) is 4. The second-order valence-electron chi connectivity index (χ2n) is 3.42. The van der Waals surface area contributed by atoms with Crippen molar-refractivity contribution >= 4 is 0 Å². The van der Waals surface area contributed by atoms with Crippen molar-refractivity contribution in [2.45, 2.75) is 25.2 Å². The van der Waals surface area contributed by atoms with Gasteiger partial charge in [0.15, 0.2) is 11.4 Å². The van der Waals surface area contributed by atoms with Crippen LogP contribution in [0.4, 0.5) is 13.2 Å². The Hall–Kier alpha value is -2.06. The van der Waals surface area contributed by atoms with Crippen LogP contribution in [0.3, 0.4) is 0 Å². The van der Waals surface area contributed by atoms with Gasteiger partial charge in [0.25, 0.3) is 0 Å². The molecule has 0 spiro atoms. The van der Waals surface area contributed by atoms with Crippen LogP contribution in [0.2, 0.25) is 0 Å². The van der Waals surface area contributed by atoms with E-state index in [-0.39, 0.29) is 5.69 Å². The van der Waals surface area contributed by atoms with Gasteiger partial charge in [-0.1, -0.05) is 0 Å². The van der Waals surface area contributed by atoms with Gasteiger partial charge in [0.2, 0.25) is 0 Å². The average molecular weight is 243 g/mol. The summed E-state index contributed by atoms with van der Waals surface area (Å²) in [4.78, 5) is 3.45. The number of hydrogen-bond donors (Lipinski definition) is 1. The minimum absolute atomic E-state index is 0.345. The molecule has 17 heavy (non-hydrogen) atoms. The van der Waals surface area contributed by atoms with Crippen LogP contribution in [-0.2, 0) is 0 Å². The summed E-state index contributed by atoms with van der Waals surface area (Å²) in [6, 6.07) is -0.264. The van der Waals surface area contributed by atoms with Gasteiger partial charge in [0.1, 0.15) is 18.2 Å². The van der Waals surface area contributed by atoms with Crippen molar-refractivity contribution in [2.75, 3.05) is 0 Å². The summed E-state index contributed by atoms with van der Waals surface area (Å²) in [5.41, 5.74) is 4.49. The molecule has 1 heterocycles. The summed E-state index contributed by atoms with van der Waals surface area (Å²) in [6.07, 6.45) is -3.81. The molecule has 0 bridgehead atoms. The van der Waals surface area contributed by atoms with Crippen molar-refractivity contribution in [2.24, 2.45) is 5.73 Å². The molecular formula is C9H8F3N5. The van der Waals surface area contributed by atoms with E-state index in [0.29, 0.717) is 4.57 Å². The summed E-state index contributed by atoms with van der Waals surface area (Å²) < 4.78 is 38.9. The Bertz CT molecular complexity index is 488. The maximum Gasteiger partial charge on any atom is 0.410 e. The van der Waals surface area contributed by atoms with Crippen LogP contribution in [0.25, 0.3) is 0 Å². The Balaban J connectivity index is 3.37. The molecule has 1 aromatic heterocycles. The zero-order valence-corrected chi connectivity index (χ0v) is 8.73. The molecule has 2 N–H and O–H groups in total. The fourth-order valence-corrected chi connectivity index (χ4v) is 1.47. The van der Waals surface area contributed by atoms with Crippen LogP contribution in [-0.4, -0.2) is 21.8 Å². The van der Waals surface area contributed by atoms with E-state index in [2.05, 4.69) is 4.98 Å². The Labute approximate surface area is 94.9 Å². The number of alkyl halides is 3. The maximum absolute atomic E-state index is 12.8. The smallest absolute Gasteiger partial charge is 0.326 e. The van der Waals surface area contributed by atoms with E-state index in [9.17, 15) is 13.2 Å². The first kappa shape index (κ1) is 13.0. The predicted molar refractivity (Wildman–Crippen MR) is 50.4 cm³/mol. The third kappa shape index (κ3) is 2.37. The van der Waals surface area contributed by atoms with E-state index in [1.807, 2.05) is 0 Å². The van der Waals surface area contributed by atoms with Crippen molar-refractivity contribution in [1.82, 2.24) is 9.55 Å². The summed E-state index contributed by atoms with van der Waals surface area (Å²) in [5.74, 6) is 0. The zero-order chi connectivity index (χ0) is 13.2. The molecule has 0 aliphatic heterocycles. The van der Waals surface area contributed by atoms with Crippen LogP contribution < -0.4 is 5.73 Å². The lowest BCUT2D eigenvalue weighted by Gasteiger charge is -2.25. The normalized spacial score (nSPS) is 14.8. The number of nitriles is 2. The van der Waals surface area contributed by atoms with E-state index in [1.165, 1.54) is 13.0 Å². The zero-order valence-electron chi connectivity index (χ0n) is 8.73. The molecule has 2 unspecified atom stereocenters. The Morgan fingerprint density at radius 3 is 2.35 bits per heavy atom. The lowest BCUT2D eigenvalue weighted by atomic mass is 10.1. The highest BCUT2D eigenvalue weighted by atomic mass is 19.4. The standard InChI is InChI=1S/C9H8F3N5/c1-5(15)8(9(10,11)12)17-4-16-6(2-13)7(17)3-14/h4-5,8H,15H2,1H3. The Kier molecular flexibility index (Phi) is 3.39. The van der Waals surface area contributed by atoms with Crippen molar-refractivity contribution in [3.63, 3.8) is 0 Å². The van der Waals surface area contributed by atoms with Crippen LogP contribution in [0.1, 0.15) is 24.4 Å². The minimum Gasteiger partial charge on any atom is -0.326 e. The van der Waals surface area contributed by atoms with E-state index >= 15 is 0 Å². The van der Waals surface area contributed by atoms with Gasteiger partial charge in [0.05, 0.1) is 6.33 Å². The summed E-state index contributed by atoms with van der Waals surface area (Å²) in [5, 5.41) is 17.3. The SMILES string of the molecule is CC(N)C(n1cnc(C#N)c1C#N)C(F)(F)F. The van der Waals surface area contributed by atoms with E-state index in [4.69, 9.17) is 16.3 Å². The van der Waals surface area contributed by atoms with Crippen LogP contribution in [0.15, 0.2) is 6.33 Å². The van der Waals surface area contributed by atoms with Gasteiger partial charge >= 0.3 is 6.18 Å². The Morgan fingerprint density at radius 2 is 2.00 bits per heavy atom. The molecule has 0 fully saturated rings. The number of nitrogens with two attached hydrogens (primary N) is 1. The topological polar surface area (TPSA) is 91.4 Å². The van der Waals surface area contributed by atoms with Gasteiger partial charge in [0, 0.05) is 6.04 Å². The number of aromatic nitrogens is 2. The average Bonchev–Trinajstić information content (AvgIpc) is 2.57. The van der Waals surface area contributed by atoms with Crippen LogP contribution in [0, 0.1) is 22.7 Å². The van der Waals surface area contributed by atoms with E-state index in [1.54, 1.807) is 6.07 Å². The molecule has 0 aliphatic rings. The second-order valence-corrected chi connectivity index (χ2v) is 3.42. The fraction of sp³-hybridized carbons (Fsp3) is 0.444. The highest BCUT2D eigenvalue weighted by Crippen LogP contribution is 2.33. The molecule has 0 aliphatic carbocycles. The first-order valence-electron chi connectivity index (χ1n) is 4.52. The predicted octanol–water partition coefficient (Wildman–Crippen LogP) is 1.08. The fourth-order valence-electron chi connectivity index (χ4n) is 1.47. The van der Waals surface area contributed by atoms with Crippen LogP contribution >= 0.6 is 0 Å². The van der Waals surface area contributed by atoms with Gasteiger partial charge in [-0.2, -0.15) is 23.7 Å². The van der Waals surface area contributed by atoms with Gasteiger partial charge in [-0.25, -0.2) is 4.98 Å². The first-order chi connectivity index (χ1) is 7.82. The molecule has 0 saturated heterocycles. The quantitative estimate of drug-likeness (QED) is 0.841. The lowest BCUT2D eigenvalue weighted by Crippen LogP contribution is -2.40. The Morgan fingerprint density at radius 1 is 1.41 bits per heavy atom. The molecule has 0 saturated carbocycles. The monoisotopic (exact) mass is 243 g/mol. The molecule has 0 amide bonds. The highest BCUT2D eigenvalue weighted by Gasteiger charge is 2.44. The molecule has 2 atom stereocenters. The third-order valence-corrected chi connectivity index (χ3v) is 2.14. The van der Waals surface area contributed by atoms with Gasteiger partial charge in [-0.15, -0.1) is 0 Å². The number of rotatable bonds is 2.